The van der Waals surface area contributed by atoms with E-state index in [2.05, 4.69) is 23.7 Å². The number of amides is 1. The number of hydrogen-bond donors (Lipinski definition) is 2. The Labute approximate surface area is 153 Å². The van der Waals surface area contributed by atoms with Crippen molar-refractivity contribution in [1.82, 2.24) is 9.88 Å². The number of nitrogens with one attached hydrogen (secondary N) is 1. The van der Waals surface area contributed by atoms with Crippen LogP contribution < -0.4 is 0 Å². The maximum absolute atomic E-state index is 13.0. The number of piperidine rings is 2. The first kappa shape index (κ1) is 16.9. The smallest absolute Gasteiger partial charge is 0.223 e. The predicted octanol–water partition coefficient (Wildman–Crippen LogP) is 4.22. The molecule has 25 heavy (non-hydrogen) atoms. The summed E-state index contributed by atoms with van der Waals surface area (Å²) in [6.07, 6.45) is 5.55. The summed E-state index contributed by atoms with van der Waals surface area (Å²) in [6, 6.07) is 6.21. The molecule has 0 radical (unpaired) electrons. The van der Waals surface area contributed by atoms with E-state index in [-0.39, 0.29) is 23.9 Å². The van der Waals surface area contributed by atoms with Crippen molar-refractivity contribution in [3.63, 3.8) is 0 Å². The highest BCUT2D eigenvalue weighted by atomic mass is 35.5. The van der Waals surface area contributed by atoms with Crippen LogP contribution in [-0.2, 0) is 4.79 Å². The number of hydrogen-bond acceptors (Lipinski definition) is 2. The summed E-state index contributed by atoms with van der Waals surface area (Å²) in [5.41, 5.74) is 1.59. The normalized spacial score (nSPS) is 29.5. The van der Waals surface area contributed by atoms with Crippen LogP contribution in [0.5, 0.6) is 0 Å². The van der Waals surface area contributed by atoms with Crippen molar-refractivity contribution in [3.05, 3.63) is 35.0 Å². The molecular formula is C20H25ClN2O2. The molecule has 5 heteroatoms. The molecule has 4 nitrogen and oxygen atoms in total. The molecule has 3 aliphatic rings. The van der Waals surface area contributed by atoms with Gasteiger partial charge in [-0.25, -0.2) is 0 Å². The van der Waals surface area contributed by atoms with Crippen LogP contribution in [0.4, 0.5) is 0 Å². The second-order valence-corrected chi connectivity index (χ2v) is 8.27. The van der Waals surface area contributed by atoms with Crippen molar-refractivity contribution in [2.75, 3.05) is 0 Å². The van der Waals surface area contributed by atoms with E-state index in [0.29, 0.717) is 6.42 Å². The van der Waals surface area contributed by atoms with Gasteiger partial charge in [0.25, 0.3) is 0 Å². The molecule has 2 saturated heterocycles. The van der Waals surface area contributed by atoms with Crippen LogP contribution in [0.25, 0.3) is 10.9 Å². The molecule has 2 unspecified atom stereocenters. The van der Waals surface area contributed by atoms with Gasteiger partial charge in [0.15, 0.2) is 0 Å². The number of aromatic nitrogens is 1. The zero-order valence-electron chi connectivity index (χ0n) is 14.8. The Hall–Kier alpha value is -1.52. The van der Waals surface area contributed by atoms with Gasteiger partial charge in [0.05, 0.1) is 10.6 Å². The van der Waals surface area contributed by atoms with Crippen LogP contribution >= 0.6 is 11.6 Å². The lowest BCUT2D eigenvalue weighted by Gasteiger charge is -2.58. The molecule has 5 rings (SSSR count). The summed E-state index contributed by atoms with van der Waals surface area (Å²) in [4.78, 5) is 18.4. The molecule has 1 saturated carbocycles. The Morgan fingerprint density at radius 2 is 2.20 bits per heavy atom. The number of carbonyl (C=O) groups is 1. The molecule has 0 spiro atoms. The third kappa shape index (κ3) is 2.76. The number of halogens is 1. The molecule has 1 aromatic carbocycles. The third-order valence-corrected chi connectivity index (χ3v) is 6.40. The quantitative estimate of drug-likeness (QED) is 0.857. The first-order valence-electron chi connectivity index (χ1n) is 9.21. The van der Waals surface area contributed by atoms with E-state index < -0.39 is 5.60 Å². The van der Waals surface area contributed by atoms with Gasteiger partial charge in [-0.1, -0.05) is 31.5 Å². The second-order valence-electron chi connectivity index (χ2n) is 7.87. The number of rotatable bonds is 4. The standard InChI is InChI=1S/C20H25ClN2O2/c1-3-13-8-20(25)9-14(10-20)23(13)18(24)7-12(2)15-11-22-17-6-4-5-16(21)19(15)17/h4-6,11-14,22,25H,3,7-10H2,1-2H3. The Morgan fingerprint density at radius 3 is 2.92 bits per heavy atom. The Kier molecular flexibility index (Phi) is 4.08. The summed E-state index contributed by atoms with van der Waals surface area (Å²) < 4.78 is 0. The Morgan fingerprint density at radius 1 is 1.44 bits per heavy atom. The van der Waals surface area contributed by atoms with E-state index in [0.717, 1.165) is 47.2 Å². The van der Waals surface area contributed by atoms with Crippen LogP contribution in [0, 0.1) is 0 Å². The molecule has 134 valence electrons. The number of fused-ring (bicyclic) bond motifs is 3. The summed E-state index contributed by atoms with van der Waals surface area (Å²) in [5.74, 6) is 0.298. The largest absolute Gasteiger partial charge is 0.390 e. The maximum atomic E-state index is 13.0. The average molecular weight is 361 g/mol. The zero-order chi connectivity index (χ0) is 17.8. The van der Waals surface area contributed by atoms with Crippen LogP contribution in [0.1, 0.15) is 57.4 Å². The molecule has 1 aromatic heterocycles. The lowest BCUT2D eigenvalue weighted by Crippen LogP contribution is -2.67. The number of carbonyl (C=O) groups excluding carboxylic acids is 1. The van der Waals surface area contributed by atoms with E-state index >= 15 is 0 Å². The van der Waals surface area contributed by atoms with Crippen molar-refractivity contribution in [2.45, 2.75) is 69.6 Å². The number of benzene rings is 1. The number of nitrogens with zero attached hydrogens (tertiary/aromatic N) is 1. The molecule has 2 aromatic rings. The highest BCUT2D eigenvalue weighted by molar-refractivity contribution is 6.35. The summed E-state index contributed by atoms with van der Waals surface area (Å²) in [7, 11) is 0. The summed E-state index contributed by atoms with van der Waals surface area (Å²) in [5, 5.41) is 12.1. The van der Waals surface area contributed by atoms with Gasteiger partial charge < -0.3 is 15.0 Å². The van der Waals surface area contributed by atoms with Crippen molar-refractivity contribution in [3.8, 4) is 0 Å². The van der Waals surface area contributed by atoms with Gasteiger partial charge in [-0.05, 0) is 49.3 Å². The maximum Gasteiger partial charge on any atom is 0.223 e. The fourth-order valence-corrected chi connectivity index (χ4v) is 5.08. The molecule has 3 heterocycles. The lowest BCUT2D eigenvalue weighted by molar-refractivity contribution is -0.178. The summed E-state index contributed by atoms with van der Waals surface area (Å²) in [6.45, 7) is 4.19. The number of H-pyrrole nitrogens is 1. The van der Waals surface area contributed by atoms with Crippen LogP contribution in [0.3, 0.4) is 0 Å². The van der Waals surface area contributed by atoms with Gasteiger partial charge in [0.2, 0.25) is 5.91 Å². The van der Waals surface area contributed by atoms with Gasteiger partial charge in [0, 0.05) is 35.6 Å². The highest BCUT2D eigenvalue weighted by Gasteiger charge is 2.54. The highest BCUT2D eigenvalue weighted by Crippen LogP contribution is 2.47. The third-order valence-electron chi connectivity index (χ3n) is 6.09. The van der Waals surface area contributed by atoms with Crippen LogP contribution in [0.2, 0.25) is 5.02 Å². The average Bonchev–Trinajstić information content (AvgIpc) is 2.98. The minimum absolute atomic E-state index is 0.0968. The van der Waals surface area contributed by atoms with E-state index in [1.807, 2.05) is 24.4 Å². The van der Waals surface area contributed by atoms with Crippen molar-refractivity contribution in [1.29, 1.82) is 0 Å². The molecule has 2 atom stereocenters. The van der Waals surface area contributed by atoms with Gasteiger partial charge in [-0.15, -0.1) is 0 Å². The molecule has 2 bridgehead atoms. The van der Waals surface area contributed by atoms with Crippen LogP contribution in [-0.4, -0.2) is 38.6 Å². The van der Waals surface area contributed by atoms with Gasteiger partial charge >= 0.3 is 0 Å². The van der Waals surface area contributed by atoms with Crippen molar-refractivity contribution < 1.29 is 9.90 Å². The zero-order valence-corrected chi connectivity index (χ0v) is 15.5. The lowest BCUT2D eigenvalue weighted by atomic mass is 9.66. The topological polar surface area (TPSA) is 56.3 Å². The molecular weight excluding hydrogens is 336 g/mol. The molecule has 1 aliphatic carbocycles. The van der Waals surface area contributed by atoms with Crippen molar-refractivity contribution >= 4 is 28.4 Å². The monoisotopic (exact) mass is 360 g/mol. The molecule has 3 fully saturated rings. The predicted molar refractivity (Wildman–Crippen MR) is 99.9 cm³/mol. The Bertz CT molecular complexity index is 809. The van der Waals surface area contributed by atoms with Gasteiger partial charge in [-0.2, -0.15) is 0 Å². The molecule has 2 N–H and O–H groups in total. The van der Waals surface area contributed by atoms with E-state index in [4.69, 9.17) is 11.6 Å². The van der Waals surface area contributed by atoms with Gasteiger partial charge in [-0.3, -0.25) is 4.79 Å². The minimum Gasteiger partial charge on any atom is -0.390 e. The number of aliphatic hydroxyl groups is 1. The minimum atomic E-state index is -0.516. The van der Waals surface area contributed by atoms with E-state index in [9.17, 15) is 9.90 Å². The summed E-state index contributed by atoms with van der Waals surface area (Å²) >= 11 is 6.38. The van der Waals surface area contributed by atoms with Crippen LogP contribution in [0.15, 0.2) is 24.4 Å². The fraction of sp³-hybridized carbons (Fsp3) is 0.550. The molecule has 1 amide bonds. The number of aromatic amines is 1. The first-order valence-corrected chi connectivity index (χ1v) is 9.58. The van der Waals surface area contributed by atoms with Gasteiger partial charge in [0.1, 0.15) is 0 Å². The Balaban J connectivity index is 1.54. The van der Waals surface area contributed by atoms with E-state index in [1.165, 1.54) is 0 Å². The molecule has 2 aliphatic heterocycles. The van der Waals surface area contributed by atoms with Crippen molar-refractivity contribution in [2.24, 2.45) is 0 Å². The second kappa shape index (κ2) is 6.03. The first-order chi connectivity index (χ1) is 11.9. The SMILES string of the molecule is CCC1CC2(O)CC(C2)N1C(=O)CC(C)c1c[nH]c2cccc(Cl)c12. The fourth-order valence-electron chi connectivity index (χ4n) is 4.80. The van der Waals surface area contributed by atoms with E-state index in [1.54, 1.807) is 0 Å².